The number of likely N-dealkylation sites (tertiary alicyclic amines) is 1. The van der Waals surface area contributed by atoms with Crippen molar-refractivity contribution in [2.75, 3.05) is 45.8 Å². The Kier molecular flexibility index (Phi) is 5.34. The van der Waals surface area contributed by atoms with E-state index in [0.29, 0.717) is 52.7 Å². The van der Waals surface area contributed by atoms with E-state index in [9.17, 15) is 14.0 Å². The Morgan fingerprint density at radius 2 is 1.74 bits per heavy atom. The van der Waals surface area contributed by atoms with E-state index in [1.807, 2.05) is 4.90 Å². The number of hydrogen-bond donors (Lipinski definition) is 0. The maximum atomic E-state index is 13.4. The van der Waals surface area contributed by atoms with E-state index >= 15 is 0 Å². The van der Waals surface area contributed by atoms with Gasteiger partial charge in [-0.05, 0) is 31.0 Å². The number of carbonyl (C=O) groups excluding carboxylic acids is 2. The largest absolute Gasteiger partial charge is 0.342 e. The lowest BCUT2D eigenvalue weighted by Crippen LogP contribution is -2.51. The zero-order valence-corrected chi connectivity index (χ0v) is 16.5. The molecule has 27 heavy (non-hydrogen) atoms. The average molecular weight is 410 g/mol. The van der Waals surface area contributed by atoms with Crippen LogP contribution in [-0.4, -0.2) is 72.3 Å². The van der Waals surface area contributed by atoms with Crippen LogP contribution in [0, 0.1) is 5.82 Å². The normalized spacial score (nSPS) is 18.4. The molecule has 144 valence electrons. The van der Waals surface area contributed by atoms with Gasteiger partial charge in [-0.1, -0.05) is 11.6 Å². The smallest absolute Gasteiger partial charge is 0.265 e. The van der Waals surface area contributed by atoms with Crippen LogP contribution in [0.4, 0.5) is 4.39 Å². The van der Waals surface area contributed by atoms with Crippen LogP contribution in [0.25, 0.3) is 10.1 Å². The first-order valence-electron chi connectivity index (χ1n) is 9.20. The summed E-state index contributed by atoms with van der Waals surface area (Å²) >= 11 is 7.60. The van der Waals surface area contributed by atoms with Crippen molar-refractivity contribution in [2.45, 2.75) is 12.8 Å². The molecule has 2 saturated heterocycles. The van der Waals surface area contributed by atoms with Crippen LogP contribution in [0.15, 0.2) is 18.2 Å². The van der Waals surface area contributed by atoms with E-state index in [1.54, 1.807) is 11.0 Å². The fourth-order valence-corrected chi connectivity index (χ4v) is 5.19. The first-order chi connectivity index (χ1) is 13.0. The summed E-state index contributed by atoms with van der Waals surface area (Å²) in [7, 11) is 0. The van der Waals surface area contributed by atoms with Gasteiger partial charge in [0.05, 0.1) is 11.6 Å². The molecule has 5 nitrogen and oxygen atoms in total. The number of halogens is 2. The Morgan fingerprint density at radius 1 is 1.04 bits per heavy atom. The standard InChI is InChI=1S/C19H21ClFN3O2S/c20-17-14-4-3-13(21)11-15(14)27-18(17)19(26)24-9-7-22(8-10-24)12-16(25)23-5-1-2-6-23/h3-4,11H,1-2,5-10,12H2. The predicted molar refractivity (Wildman–Crippen MR) is 105 cm³/mol. The molecule has 0 unspecified atom stereocenters. The van der Waals surface area contributed by atoms with Crippen molar-refractivity contribution in [2.24, 2.45) is 0 Å². The fourth-order valence-electron chi connectivity index (χ4n) is 3.69. The summed E-state index contributed by atoms with van der Waals surface area (Å²) in [6.07, 6.45) is 2.18. The average Bonchev–Trinajstić information content (AvgIpc) is 3.30. The van der Waals surface area contributed by atoms with Gasteiger partial charge in [0.1, 0.15) is 10.7 Å². The van der Waals surface area contributed by atoms with Crippen molar-refractivity contribution in [1.29, 1.82) is 0 Å². The molecule has 2 aliphatic heterocycles. The molecular formula is C19H21ClFN3O2S. The van der Waals surface area contributed by atoms with Crippen LogP contribution in [0.5, 0.6) is 0 Å². The number of benzene rings is 1. The molecular weight excluding hydrogens is 389 g/mol. The molecule has 0 saturated carbocycles. The van der Waals surface area contributed by atoms with Gasteiger partial charge >= 0.3 is 0 Å². The van der Waals surface area contributed by atoms with Gasteiger partial charge in [-0.15, -0.1) is 11.3 Å². The molecule has 0 radical (unpaired) electrons. The van der Waals surface area contributed by atoms with Gasteiger partial charge < -0.3 is 9.80 Å². The Labute approximate surface area is 166 Å². The second kappa shape index (κ2) is 7.73. The van der Waals surface area contributed by atoms with Gasteiger partial charge in [0.25, 0.3) is 5.91 Å². The molecule has 3 heterocycles. The van der Waals surface area contributed by atoms with Crippen molar-refractivity contribution in [3.8, 4) is 0 Å². The summed E-state index contributed by atoms with van der Waals surface area (Å²) in [6.45, 7) is 4.61. The minimum absolute atomic E-state index is 0.118. The van der Waals surface area contributed by atoms with E-state index in [2.05, 4.69) is 4.90 Å². The third-order valence-corrected chi connectivity index (χ3v) is 6.91. The second-order valence-corrected chi connectivity index (χ2v) is 8.47. The van der Waals surface area contributed by atoms with Crippen LogP contribution in [0.1, 0.15) is 22.5 Å². The van der Waals surface area contributed by atoms with Gasteiger partial charge in [-0.2, -0.15) is 0 Å². The van der Waals surface area contributed by atoms with Crippen molar-refractivity contribution >= 4 is 44.8 Å². The van der Waals surface area contributed by atoms with Gasteiger partial charge in [-0.3, -0.25) is 14.5 Å². The highest BCUT2D eigenvalue weighted by Gasteiger charge is 2.28. The summed E-state index contributed by atoms with van der Waals surface area (Å²) < 4.78 is 14.1. The monoisotopic (exact) mass is 409 g/mol. The number of rotatable bonds is 3. The fraction of sp³-hybridized carbons (Fsp3) is 0.474. The topological polar surface area (TPSA) is 43.9 Å². The first-order valence-corrected chi connectivity index (χ1v) is 10.4. The maximum Gasteiger partial charge on any atom is 0.265 e. The SMILES string of the molecule is O=C(CN1CCN(C(=O)c2sc3cc(F)ccc3c2Cl)CC1)N1CCCC1. The number of fused-ring (bicyclic) bond motifs is 1. The lowest BCUT2D eigenvalue weighted by atomic mass is 10.2. The Bertz CT molecular complexity index is 873. The molecule has 0 spiro atoms. The van der Waals surface area contributed by atoms with E-state index in [0.717, 1.165) is 25.9 Å². The Balaban J connectivity index is 1.38. The number of nitrogens with zero attached hydrogens (tertiary/aromatic N) is 3. The molecule has 0 bridgehead atoms. The van der Waals surface area contributed by atoms with Crippen LogP contribution in [0.2, 0.25) is 5.02 Å². The number of hydrogen-bond acceptors (Lipinski definition) is 4. The zero-order valence-electron chi connectivity index (χ0n) is 14.9. The second-order valence-electron chi connectivity index (χ2n) is 7.04. The highest BCUT2D eigenvalue weighted by atomic mass is 35.5. The third kappa shape index (κ3) is 3.81. The van der Waals surface area contributed by atoms with Crippen molar-refractivity contribution in [3.05, 3.63) is 33.9 Å². The third-order valence-electron chi connectivity index (χ3n) is 5.26. The summed E-state index contributed by atoms with van der Waals surface area (Å²) in [5.41, 5.74) is 0. The molecule has 2 amide bonds. The molecule has 8 heteroatoms. The van der Waals surface area contributed by atoms with Crippen LogP contribution in [0.3, 0.4) is 0 Å². The van der Waals surface area contributed by atoms with Crippen molar-refractivity contribution in [1.82, 2.24) is 14.7 Å². The molecule has 1 aromatic carbocycles. The molecule has 0 N–H and O–H groups in total. The van der Waals surface area contributed by atoms with Crippen LogP contribution < -0.4 is 0 Å². The lowest BCUT2D eigenvalue weighted by molar-refractivity contribution is -0.131. The molecule has 2 aliphatic rings. The lowest BCUT2D eigenvalue weighted by Gasteiger charge is -2.34. The van der Waals surface area contributed by atoms with Crippen LogP contribution in [-0.2, 0) is 4.79 Å². The molecule has 2 fully saturated rings. The molecule has 1 aromatic heterocycles. The maximum absolute atomic E-state index is 13.4. The number of carbonyl (C=O) groups is 2. The van der Waals surface area contributed by atoms with Crippen molar-refractivity contribution in [3.63, 3.8) is 0 Å². The highest BCUT2D eigenvalue weighted by Crippen LogP contribution is 2.36. The summed E-state index contributed by atoms with van der Waals surface area (Å²) in [4.78, 5) is 31.4. The van der Waals surface area contributed by atoms with Crippen LogP contribution >= 0.6 is 22.9 Å². The van der Waals surface area contributed by atoms with Gasteiger partial charge in [-0.25, -0.2) is 4.39 Å². The molecule has 2 aromatic rings. The first kappa shape index (κ1) is 18.7. The molecule has 0 aliphatic carbocycles. The highest BCUT2D eigenvalue weighted by molar-refractivity contribution is 7.21. The minimum atomic E-state index is -0.337. The summed E-state index contributed by atoms with van der Waals surface area (Å²) in [5, 5.41) is 1.10. The van der Waals surface area contributed by atoms with E-state index < -0.39 is 0 Å². The predicted octanol–water partition coefficient (Wildman–Crippen LogP) is 3.07. The minimum Gasteiger partial charge on any atom is -0.342 e. The quantitative estimate of drug-likeness (QED) is 0.782. The van der Waals surface area contributed by atoms with Gasteiger partial charge in [0.2, 0.25) is 5.91 Å². The molecule has 0 atom stereocenters. The van der Waals surface area contributed by atoms with E-state index in [4.69, 9.17) is 11.6 Å². The molecule has 4 rings (SSSR count). The van der Waals surface area contributed by atoms with E-state index in [-0.39, 0.29) is 17.6 Å². The zero-order chi connectivity index (χ0) is 19.0. The Hall–Kier alpha value is -1.70. The summed E-state index contributed by atoms with van der Waals surface area (Å²) in [6, 6.07) is 4.37. The van der Waals surface area contributed by atoms with Gasteiger partial charge in [0, 0.05) is 49.4 Å². The van der Waals surface area contributed by atoms with Crippen molar-refractivity contribution < 1.29 is 14.0 Å². The number of thiophene rings is 1. The summed E-state index contributed by atoms with van der Waals surface area (Å²) in [5.74, 6) is -0.273. The van der Waals surface area contributed by atoms with E-state index in [1.165, 1.54) is 23.5 Å². The number of amides is 2. The van der Waals surface area contributed by atoms with Gasteiger partial charge in [0.15, 0.2) is 0 Å². The number of piperazine rings is 1. The Morgan fingerprint density at radius 3 is 2.44 bits per heavy atom.